The quantitative estimate of drug-likeness (QED) is 0.886. The van der Waals surface area contributed by atoms with Gasteiger partial charge in [0.05, 0.1) is 10.5 Å². The molecule has 2 N–H and O–H groups in total. The van der Waals surface area contributed by atoms with E-state index in [4.69, 9.17) is 17.3 Å². The van der Waals surface area contributed by atoms with Crippen molar-refractivity contribution in [3.05, 3.63) is 23.2 Å². The lowest BCUT2D eigenvalue weighted by Gasteiger charge is -2.38. The summed E-state index contributed by atoms with van der Waals surface area (Å²) in [7, 11) is 0. The highest BCUT2D eigenvalue weighted by atomic mass is 35.5. The number of hydrogen-bond donors (Lipinski definition) is 1. The maximum atomic E-state index is 6.13. The number of imidazole rings is 1. The number of rotatable bonds is 2. The van der Waals surface area contributed by atoms with Gasteiger partial charge in [0.15, 0.2) is 0 Å². The Bertz CT molecular complexity index is 569. The Hall–Kier alpha value is -1.22. The molecule has 90 valence electrons. The van der Waals surface area contributed by atoms with Crippen molar-refractivity contribution >= 4 is 28.6 Å². The molecule has 1 fully saturated rings. The topological polar surface area (TPSA) is 43.8 Å². The van der Waals surface area contributed by atoms with Crippen LogP contribution in [0.2, 0.25) is 5.02 Å². The Morgan fingerprint density at radius 2 is 2.24 bits per heavy atom. The normalized spacial score (nSPS) is 18.2. The maximum absolute atomic E-state index is 6.13. The van der Waals surface area contributed by atoms with E-state index in [1.54, 1.807) is 0 Å². The summed E-state index contributed by atoms with van der Waals surface area (Å²) in [6, 6.07) is 5.84. The molecule has 1 aromatic heterocycles. The molecule has 3 nitrogen and oxygen atoms in total. The van der Waals surface area contributed by atoms with Gasteiger partial charge in [-0.1, -0.05) is 31.0 Å². The van der Waals surface area contributed by atoms with Gasteiger partial charge >= 0.3 is 0 Å². The fourth-order valence-electron chi connectivity index (χ4n) is 2.62. The zero-order valence-corrected chi connectivity index (χ0v) is 10.7. The summed E-state index contributed by atoms with van der Waals surface area (Å²) >= 11 is 6.13. The van der Waals surface area contributed by atoms with E-state index in [-0.39, 0.29) is 0 Å². The molecule has 0 aliphatic heterocycles. The lowest BCUT2D eigenvalue weighted by Crippen LogP contribution is -2.31. The first-order valence-electron chi connectivity index (χ1n) is 5.99. The third-order valence-corrected chi connectivity index (χ3v) is 4.16. The van der Waals surface area contributed by atoms with Gasteiger partial charge in [0.2, 0.25) is 5.95 Å². The molecule has 1 saturated carbocycles. The number of benzene rings is 1. The van der Waals surface area contributed by atoms with Crippen LogP contribution in [0, 0.1) is 5.41 Å². The van der Waals surface area contributed by atoms with E-state index < -0.39 is 0 Å². The van der Waals surface area contributed by atoms with Crippen LogP contribution in [0.3, 0.4) is 0 Å². The maximum Gasteiger partial charge on any atom is 0.201 e. The molecule has 2 aromatic rings. The summed E-state index contributed by atoms with van der Waals surface area (Å²) in [6.45, 7) is 3.25. The molecule has 0 unspecified atom stereocenters. The molecule has 0 amide bonds. The highest BCUT2D eigenvalue weighted by molar-refractivity contribution is 6.35. The third kappa shape index (κ3) is 1.69. The fourth-order valence-corrected chi connectivity index (χ4v) is 2.83. The lowest BCUT2D eigenvalue weighted by molar-refractivity contribution is 0.135. The van der Waals surface area contributed by atoms with Crippen LogP contribution in [-0.4, -0.2) is 9.55 Å². The first-order chi connectivity index (χ1) is 8.09. The van der Waals surface area contributed by atoms with Gasteiger partial charge in [0.25, 0.3) is 0 Å². The summed E-state index contributed by atoms with van der Waals surface area (Å²) in [5, 5.41) is 0.673. The molecule has 3 rings (SSSR count). The number of para-hydroxylation sites is 1. The van der Waals surface area contributed by atoms with E-state index in [0.29, 0.717) is 16.4 Å². The molecule has 0 saturated heterocycles. The van der Waals surface area contributed by atoms with Crippen LogP contribution in [0.5, 0.6) is 0 Å². The molecule has 0 atom stereocenters. The van der Waals surface area contributed by atoms with Crippen LogP contribution in [0.1, 0.15) is 26.2 Å². The number of fused-ring (bicyclic) bond motifs is 1. The number of nitrogen functional groups attached to an aromatic ring is 1. The van der Waals surface area contributed by atoms with E-state index in [9.17, 15) is 0 Å². The van der Waals surface area contributed by atoms with Crippen molar-refractivity contribution in [2.45, 2.75) is 32.7 Å². The summed E-state index contributed by atoms with van der Waals surface area (Å²) in [5.41, 5.74) is 8.24. The van der Waals surface area contributed by atoms with Crippen LogP contribution >= 0.6 is 11.6 Å². The van der Waals surface area contributed by atoms with Crippen molar-refractivity contribution in [1.82, 2.24) is 9.55 Å². The van der Waals surface area contributed by atoms with Gasteiger partial charge in [-0.2, -0.15) is 0 Å². The number of nitrogens with zero attached hydrogens (tertiary/aromatic N) is 2. The molecule has 0 spiro atoms. The minimum atomic E-state index is 0.379. The van der Waals surface area contributed by atoms with Crippen LogP contribution in [0.15, 0.2) is 18.2 Å². The number of nitrogens with two attached hydrogens (primary N) is 1. The minimum absolute atomic E-state index is 0.379. The summed E-state index contributed by atoms with van der Waals surface area (Å²) in [6.07, 6.45) is 3.86. The van der Waals surface area contributed by atoms with Gasteiger partial charge in [-0.05, 0) is 30.4 Å². The zero-order chi connectivity index (χ0) is 12.0. The Kier molecular flexibility index (Phi) is 2.33. The highest BCUT2D eigenvalue weighted by Gasteiger charge is 2.33. The second-order valence-corrected chi connectivity index (χ2v) is 5.74. The predicted molar refractivity (Wildman–Crippen MR) is 71.1 cm³/mol. The fraction of sp³-hybridized carbons (Fsp3) is 0.462. The molecule has 1 heterocycles. The first kappa shape index (κ1) is 10.9. The number of hydrogen-bond acceptors (Lipinski definition) is 2. The molecule has 1 aliphatic rings. The summed E-state index contributed by atoms with van der Waals surface area (Å²) in [4.78, 5) is 4.36. The average molecular weight is 250 g/mol. The third-order valence-electron chi connectivity index (χ3n) is 3.86. The molecule has 1 aromatic carbocycles. The van der Waals surface area contributed by atoms with Gasteiger partial charge < -0.3 is 10.3 Å². The number of anilines is 1. The van der Waals surface area contributed by atoms with Gasteiger partial charge in [-0.15, -0.1) is 0 Å². The van der Waals surface area contributed by atoms with Crippen molar-refractivity contribution in [3.63, 3.8) is 0 Å². The minimum Gasteiger partial charge on any atom is -0.369 e. The SMILES string of the molecule is CC1(Cn2c(N)nc3c(Cl)cccc32)CCC1. The highest BCUT2D eigenvalue weighted by Crippen LogP contribution is 2.43. The van der Waals surface area contributed by atoms with Gasteiger partial charge in [0, 0.05) is 6.54 Å². The smallest absolute Gasteiger partial charge is 0.201 e. The van der Waals surface area contributed by atoms with E-state index in [1.165, 1.54) is 19.3 Å². The van der Waals surface area contributed by atoms with Crippen molar-refractivity contribution in [1.29, 1.82) is 0 Å². The summed E-state index contributed by atoms with van der Waals surface area (Å²) < 4.78 is 2.10. The Morgan fingerprint density at radius 1 is 1.47 bits per heavy atom. The first-order valence-corrected chi connectivity index (χ1v) is 6.37. The average Bonchev–Trinajstić information content (AvgIpc) is 2.56. The standard InChI is InChI=1S/C13H16ClN3/c1-13(6-3-7-13)8-17-10-5-2-4-9(14)11(10)16-12(17)15/h2,4-5H,3,6-8H2,1H3,(H2,15,16). The van der Waals surface area contributed by atoms with E-state index in [2.05, 4.69) is 16.5 Å². The molecule has 1 aliphatic carbocycles. The zero-order valence-electron chi connectivity index (χ0n) is 9.91. The molecule has 0 bridgehead atoms. The second kappa shape index (κ2) is 3.64. The van der Waals surface area contributed by atoms with Crippen molar-refractivity contribution in [3.8, 4) is 0 Å². The Balaban J connectivity index is 2.09. The number of halogens is 1. The van der Waals surface area contributed by atoms with Crippen LogP contribution in [0.25, 0.3) is 11.0 Å². The molecular formula is C13H16ClN3. The molecule has 4 heteroatoms. The van der Waals surface area contributed by atoms with E-state index >= 15 is 0 Å². The molecule has 17 heavy (non-hydrogen) atoms. The Labute approximate surface area is 106 Å². The van der Waals surface area contributed by atoms with Crippen molar-refractivity contribution in [2.75, 3.05) is 5.73 Å². The van der Waals surface area contributed by atoms with E-state index in [1.807, 2.05) is 18.2 Å². The second-order valence-electron chi connectivity index (χ2n) is 5.33. The van der Waals surface area contributed by atoms with Crippen molar-refractivity contribution < 1.29 is 0 Å². The number of aromatic nitrogens is 2. The van der Waals surface area contributed by atoms with Crippen LogP contribution in [0.4, 0.5) is 5.95 Å². The largest absolute Gasteiger partial charge is 0.369 e. The van der Waals surface area contributed by atoms with Gasteiger partial charge in [0.1, 0.15) is 5.52 Å². The molecule has 0 radical (unpaired) electrons. The molecular weight excluding hydrogens is 234 g/mol. The van der Waals surface area contributed by atoms with Gasteiger partial charge in [-0.25, -0.2) is 4.98 Å². The van der Waals surface area contributed by atoms with Crippen LogP contribution in [-0.2, 0) is 6.54 Å². The van der Waals surface area contributed by atoms with Gasteiger partial charge in [-0.3, -0.25) is 0 Å². The van der Waals surface area contributed by atoms with Crippen LogP contribution < -0.4 is 5.73 Å². The Morgan fingerprint density at radius 3 is 2.88 bits per heavy atom. The summed E-state index contributed by atoms with van der Waals surface area (Å²) in [5.74, 6) is 0.571. The van der Waals surface area contributed by atoms with E-state index in [0.717, 1.165) is 17.6 Å². The monoisotopic (exact) mass is 249 g/mol. The lowest BCUT2D eigenvalue weighted by atomic mass is 9.70. The predicted octanol–water partition coefficient (Wildman–Crippen LogP) is 3.46. The van der Waals surface area contributed by atoms with Crippen molar-refractivity contribution in [2.24, 2.45) is 5.41 Å².